The third kappa shape index (κ3) is 4.14. The van der Waals surface area contributed by atoms with Crippen molar-refractivity contribution in [3.05, 3.63) is 63.4 Å². The van der Waals surface area contributed by atoms with Crippen molar-refractivity contribution < 1.29 is 9.59 Å². The van der Waals surface area contributed by atoms with Gasteiger partial charge in [0, 0.05) is 29.7 Å². The van der Waals surface area contributed by atoms with E-state index in [9.17, 15) is 9.59 Å². The van der Waals surface area contributed by atoms with Gasteiger partial charge < -0.3 is 20.9 Å². The van der Waals surface area contributed by atoms with E-state index in [1.807, 2.05) is 6.07 Å². The van der Waals surface area contributed by atoms with Crippen LogP contribution >= 0.6 is 23.2 Å². The van der Waals surface area contributed by atoms with Crippen LogP contribution in [0.1, 0.15) is 39.4 Å². The van der Waals surface area contributed by atoms with Crippen LogP contribution < -0.4 is 11.1 Å². The molecule has 1 aliphatic rings. The molecule has 1 aliphatic heterocycles. The number of amides is 2. The monoisotopic (exact) mass is 445 g/mol. The number of H-pyrrole nitrogens is 1. The third-order valence-corrected chi connectivity index (χ3v) is 5.83. The molecule has 1 unspecified atom stereocenters. The summed E-state index contributed by atoms with van der Waals surface area (Å²) in [6.07, 6.45) is 1.83. The van der Waals surface area contributed by atoms with Gasteiger partial charge in [0.2, 0.25) is 0 Å². The number of aromatic amines is 1. The van der Waals surface area contributed by atoms with Crippen LogP contribution in [0.15, 0.2) is 36.4 Å². The van der Waals surface area contributed by atoms with Crippen LogP contribution in [-0.4, -0.2) is 45.8 Å². The molecule has 0 radical (unpaired) electrons. The van der Waals surface area contributed by atoms with E-state index in [1.165, 1.54) is 6.07 Å². The van der Waals surface area contributed by atoms with Gasteiger partial charge in [-0.2, -0.15) is 0 Å². The molecule has 1 saturated heterocycles. The van der Waals surface area contributed by atoms with Crippen molar-refractivity contribution in [3.8, 4) is 0 Å². The van der Waals surface area contributed by atoms with Crippen molar-refractivity contribution in [2.45, 2.75) is 25.4 Å². The molecular formula is C21H21Cl2N5O2. The first-order valence-corrected chi connectivity index (χ1v) is 10.4. The Bertz CT molecular complexity index is 1110. The maximum absolute atomic E-state index is 12.8. The number of rotatable bonds is 5. The largest absolute Gasteiger partial charge is 0.345 e. The molecule has 2 heterocycles. The van der Waals surface area contributed by atoms with E-state index in [2.05, 4.69) is 15.3 Å². The lowest BCUT2D eigenvalue weighted by molar-refractivity contribution is 0.0740. The number of fused-ring (bicyclic) bond motifs is 1. The molecule has 0 saturated carbocycles. The Hall–Kier alpha value is -2.61. The molecule has 1 fully saturated rings. The van der Waals surface area contributed by atoms with Gasteiger partial charge >= 0.3 is 0 Å². The van der Waals surface area contributed by atoms with Crippen LogP contribution in [0, 0.1) is 0 Å². The first-order valence-electron chi connectivity index (χ1n) is 9.69. The van der Waals surface area contributed by atoms with Crippen LogP contribution in [0.4, 0.5) is 0 Å². The summed E-state index contributed by atoms with van der Waals surface area (Å²) in [4.78, 5) is 34.6. The molecular weight excluding hydrogens is 425 g/mol. The number of hydrogen-bond donors (Lipinski definition) is 3. The number of carbonyl (C=O) groups is 2. The van der Waals surface area contributed by atoms with Gasteiger partial charge in [-0.15, -0.1) is 0 Å². The van der Waals surface area contributed by atoms with Gasteiger partial charge in [-0.3, -0.25) is 9.59 Å². The summed E-state index contributed by atoms with van der Waals surface area (Å²) in [5.74, 6) is 0.150. The topological polar surface area (TPSA) is 104 Å². The van der Waals surface area contributed by atoms with E-state index >= 15 is 0 Å². The van der Waals surface area contributed by atoms with Crippen molar-refractivity contribution in [2.75, 3.05) is 13.1 Å². The number of nitrogens with zero attached hydrogens (tertiary/aromatic N) is 2. The van der Waals surface area contributed by atoms with Crippen molar-refractivity contribution >= 4 is 46.0 Å². The summed E-state index contributed by atoms with van der Waals surface area (Å²) in [5.41, 5.74) is 8.08. The first-order chi connectivity index (χ1) is 14.5. The molecule has 156 valence electrons. The molecule has 9 heteroatoms. The zero-order valence-corrected chi connectivity index (χ0v) is 17.6. The second-order valence-corrected chi connectivity index (χ2v) is 8.10. The lowest BCUT2D eigenvalue weighted by Crippen LogP contribution is -2.40. The fraction of sp³-hybridized carbons (Fsp3) is 0.286. The molecule has 1 aromatic heterocycles. The highest BCUT2D eigenvalue weighted by molar-refractivity contribution is 6.34. The Kier molecular flexibility index (Phi) is 5.94. The minimum Gasteiger partial charge on any atom is -0.345 e. The Morgan fingerprint density at radius 1 is 1.23 bits per heavy atom. The van der Waals surface area contributed by atoms with Crippen LogP contribution in [0.25, 0.3) is 11.0 Å². The highest BCUT2D eigenvalue weighted by Crippen LogP contribution is 2.24. The van der Waals surface area contributed by atoms with Crippen LogP contribution in [-0.2, 0) is 6.54 Å². The number of imidazole rings is 1. The number of halogens is 2. The molecule has 0 aliphatic carbocycles. The smallest absolute Gasteiger partial charge is 0.255 e. The quantitative estimate of drug-likeness (QED) is 0.559. The van der Waals surface area contributed by atoms with E-state index in [0.717, 1.165) is 23.9 Å². The average molecular weight is 446 g/mol. The van der Waals surface area contributed by atoms with Gasteiger partial charge in [0.05, 0.1) is 28.2 Å². The lowest BCUT2D eigenvalue weighted by atomic mass is 10.1. The number of hydrogen-bond acceptors (Lipinski definition) is 4. The average Bonchev–Trinajstić information content (AvgIpc) is 3.37. The van der Waals surface area contributed by atoms with Crippen molar-refractivity contribution in [1.29, 1.82) is 0 Å². The molecule has 0 bridgehead atoms. The minimum atomic E-state index is -0.310. The highest BCUT2D eigenvalue weighted by atomic mass is 35.5. The summed E-state index contributed by atoms with van der Waals surface area (Å²) < 4.78 is 0. The molecule has 3 aromatic rings. The molecule has 4 rings (SSSR count). The van der Waals surface area contributed by atoms with Crippen LogP contribution in [0.5, 0.6) is 0 Å². The van der Waals surface area contributed by atoms with Gasteiger partial charge in [0.15, 0.2) is 0 Å². The van der Waals surface area contributed by atoms with Gasteiger partial charge in [-0.25, -0.2) is 4.98 Å². The number of benzene rings is 2. The number of carbonyl (C=O) groups excluding carboxylic acids is 2. The summed E-state index contributed by atoms with van der Waals surface area (Å²) in [6, 6.07) is 10.1. The lowest BCUT2D eigenvalue weighted by Gasteiger charge is -2.24. The number of nitrogens with one attached hydrogen (secondary N) is 2. The number of likely N-dealkylation sites (tertiary alicyclic amines) is 1. The Morgan fingerprint density at radius 3 is 2.83 bits per heavy atom. The molecule has 7 nitrogen and oxygen atoms in total. The van der Waals surface area contributed by atoms with Gasteiger partial charge in [0.1, 0.15) is 5.82 Å². The predicted molar refractivity (Wildman–Crippen MR) is 117 cm³/mol. The Morgan fingerprint density at radius 2 is 2.07 bits per heavy atom. The molecule has 2 amide bonds. The van der Waals surface area contributed by atoms with Crippen LogP contribution in [0.2, 0.25) is 10.0 Å². The molecule has 4 N–H and O–H groups in total. The van der Waals surface area contributed by atoms with Gasteiger partial charge in [-0.1, -0.05) is 23.2 Å². The summed E-state index contributed by atoms with van der Waals surface area (Å²) in [5, 5.41) is 3.66. The SMILES string of the molecule is NCC1CCCN1C(=O)c1ccc(C(=O)NCc2nc3ccc(Cl)cc3[nH]2)cc1Cl. The molecule has 1 atom stereocenters. The van der Waals surface area contributed by atoms with E-state index in [-0.39, 0.29) is 29.4 Å². The van der Waals surface area contributed by atoms with Crippen molar-refractivity contribution in [1.82, 2.24) is 20.2 Å². The van der Waals surface area contributed by atoms with E-state index < -0.39 is 0 Å². The van der Waals surface area contributed by atoms with E-state index in [4.69, 9.17) is 28.9 Å². The summed E-state index contributed by atoms with van der Waals surface area (Å²) >= 11 is 12.3. The Labute approximate surface area is 183 Å². The standard InChI is InChI=1S/C21H21Cl2N5O2/c22-13-4-6-17-18(9-13)27-19(26-17)11-25-20(29)12-3-5-15(16(23)8-12)21(30)28-7-1-2-14(28)10-24/h3-6,8-9,14H,1-2,7,10-11,24H2,(H,25,29)(H,26,27). The van der Waals surface area contributed by atoms with E-state index in [0.29, 0.717) is 35.1 Å². The van der Waals surface area contributed by atoms with Crippen LogP contribution in [0.3, 0.4) is 0 Å². The van der Waals surface area contributed by atoms with Gasteiger partial charge in [0.25, 0.3) is 11.8 Å². The van der Waals surface area contributed by atoms with Crippen molar-refractivity contribution in [3.63, 3.8) is 0 Å². The zero-order valence-electron chi connectivity index (χ0n) is 16.1. The third-order valence-electron chi connectivity index (χ3n) is 5.28. The fourth-order valence-electron chi connectivity index (χ4n) is 3.72. The predicted octanol–water partition coefficient (Wildman–Crippen LogP) is 3.36. The van der Waals surface area contributed by atoms with Crippen molar-refractivity contribution in [2.24, 2.45) is 5.73 Å². The minimum absolute atomic E-state index is 0.0373. The highest BCUT2D eigenvalue weighted by Gasteiger charge is 2.29. The maximum atomic E-state index is 12.8. The fourth-order valence-corrected chi connectivity index (χ4v) is 4.15. The normalized spacial score (nSPS) is 16.2. The molecule has 2 aromatic carbocycles. The zero-order chi connectivity index (χ0) is 21.3. The molecule has 30 heavy (non-hydrogen) atoms. The number of aromatic nitrogens is 2. The summed E-state index contributed by atoms with van der Waals surface area (Å²) in [7, 11) is 0. The molecule has 0 spiro atoms. The maximum Gasteiger partial charge on any atom is 0.255 e. The second-order valence-electron chi connectivity index (χ2n) is 7.25. The summed E-state index contributed by atoms with van der Waals surface area (Å²) in [6.45, 7) is 1.31. The van der Waals surface area contributed by atoms with Gasteiger partial charge in [-0.05, 0) is 49.2 Å². The van der Waals surface area contributed by atoms with E-state index in [1.54, 1.807) is 29.2 Å². The number of nitrogens with two attached hydrogens (primary N) is 1. The first kappa shape index (κ1) is 20.7. The second kappa shape index (κ2) is 8.63. The Balaban J connectivity index is 1.44.